The Morgan fingerprint density at radius 2 is 2.25 bits per heavy atom. The number of aliphatic hydroxyl groups is 2. The molecule has 1 aromatic carbocycles. The van der Waals surface area contributed by atoms with Gasteiger partial charge in [0.1, 0.15) is 6.23 Å². The molecule has 86 valence electrons. The van der Waals surface area contributed by atoms with Crippen LogP contribution in [-0.2, 0) is 6.42 Å². The van der Waals surface area contributed by atoms with Crippen LogP contribution in [0.5, 0.6) is 0 Å². The van der Waals surface area contributed by atoms with Crippen LogP contribution in [0.25, 0.3) is 0 Å². The van der Waals surface area contributed by atoms with Crippen LogP contribution in [0.3, 0.4) is 0 Å². The lowest BCUT2D eigenvalue weighted by Gasteiger charge is -2.24. The minimum Gasteiger partial charge on any atom is -0.390 e. The van der Waals surface area contributed by atoms with Crippen molar-refractivity contribution in [3.8, 4) is 0 Å². The van der Waals surface area contributed by atoms with Crippen LogP contribution in [0.1, 0.15) is 31.4 Å². The number of hydrogen-bond donors (Lipinski definition) is 3. The minimum atomic E-state index is -0.699. The molecule has 0 spiro atoms. The summed E-state index contributed by atoms with van der Waals surface area (Å²) in [4.78, 5) is 0. The second kappa shape index (κ2) is 4.07. The average molecular weight is 219 g/mol. The fourth-order valence-corrected chi connectivity index (χ4v) is 1.91. The topological polar surface area (TPSA) is 52.5 Å². The van der Waals surface area contributed by atoms with Crippen molar-refractivity contribution in [2.45, 2.75) is 38.5 Å². The van der Waals surface area contributed by atoms with Gasteiger partial charge in [-0.25, -0.2) is 0 Å². The summed E-state index contributed by atoms with van der Waals surface area (Å²) in [5.41, 5.74) is 2.26. The highest BCUT2D eigenvalue weighted by Gasteiger charge is 2.18. The Morgan fingerprint density at radius 1 is 1.50 bits per heavy atom. The summed E-state index contributed by atoms with van der Waals surface area (Å²) in [5.74, 6) is 0. The molecule has 0 amide bonds. The molecule has 2 rings (SSSR count). The molecule has 3 heteroatoms. The highest BCUT2D eigenvalue weighted by atomic mass is 16.3. The van der Waals surface area contributed by atoms with E-state index in [1.54, 1.807) is 13.8 Å². The van der Waals surface area contributed by atoms with Gasteiger partial charge in [-0.05, 0) is 31.0 Å². The number of nitrogens with one attached hydrogen (secondary N) is 1. The summed E-state index contributed by atoms with van der Waals surface area (Å²) in [6.45, 7) is 3.59. The molecular formula is C13H17NO2. The normalized spacial score (nSPS) is 20.1. The van der Waals surface area contributed by atoms with E-state index >= 15 is 0 Å². The Bertz CT molecular complexity index is 382. The van der Waals surface area contributed by atoms with Gasteiger partial charge < -0.3 is 15.5 Å². The van der Waals surface area contributed by atoms with Gasteiger partial charge >= 0.3 is 0 Å². The molecule has 0 aromatic heterocycles. The highest BCUT2D eigenvalue weighted by molar-refractivity contribution is 5.58. The first-order chi connectivity index (χ1) is 7.44. The van der Waals surface area contributed by atoms with Gasteiger partial charge in [-0.2, -0.15) is 0 Å². The van der Waals surface area contributed by atoms with Gasteiger partial charge in [0, 0.05) is 24.9 Å². The van der Waals surface area contributed by atoms with E-state index in [9.17, 15) is 10.2 Å². The van der Waals surface area contributed by atoms with E-state index in [1.165, 1.54) is 0 Å². The van der Waals surface area contributed by atoms with E-state index in [0.29, 0.717) is 12.8 Å². The molecule has 3 nitrogen and oxygen atoms in total. The summed E-state index contributed by atoms with van der Waals surface area (Å²) >= 11 is 0. The van der Waals surface area contributed by atoms with Crippen LogP contribution in [0, 0.1) is 6.42 Å². The molecule has 0 saturated heterocycles. The van der Waals surface area contributed by atoms with E-state index < -0.39 is 11.8 Å². The van der Waals surface area contributed by atoms with E-state index in [1.807, 2.05) is 18.2 Å². The van der Waals surface area contributed by atoms with Gasteiger partial charge in [-0.3, -0.25) is 0 Å². The Hall–Kier alpha value is -1.06. The summed E-state index contributed by atoms with van der Waals surface area (Å²) in [6, 6.07) is 5.89. The van der Waals surface area contributed by atoms with E-state index in [0.717, 1.165) is 16.8 Å². The van der Waals surface area contributed by atoms with Crippen LogP contribution >= 0.6 is 0 Å². The average Bonchev–Trinajstić information content (AvgIpc) is 2.16. The number of aliphatic hydroxyl groups excluding tert-OH is 1. The fourth-order valence-electron chi connectivity index (χ4n) is 1.91. The van der Waals surface area contributed by atoms with Crippen molar-refractivity contribution in [1.82, 2.24) is 0 Å². The standard InChI is InChI=1S/C13H17NO2/c1-13(2,16)8-9-3-5-11-10(7-9)4-6-12(15)14-11/h3,5,7,12,14-16H,6,8H2,1-2H3. The molecule has 1 heterocycles. The molecular weight excluding hydrogens is 202 g/mol. The molecule has 0 aliphatic carbocycles. The van der Waals surface area contributed by atoms with Crippen LogP contribution in [0.2, 0.25) is 0 Å². The third-order valence-electron chi connectivity index (χ3n) is 2.53. The Balaban J connectivity index is 2.20. The Morgan fingerprint density at radius 3 is 2.94 bits per heavy atom. The lowest BCUT2D eigenvalue weighted by atomic mass is 9.94. The molecule has 1 aliphatic rings. The van der Waals surface area contributed by atoms with Crippen molar-refractivity contribution in [3.05, 3.63) is 35.7 Å². The van der Waals surface area contributed by atoms with Gasteiger partial charge in [0.05, 0.1) is 5.60 Å². The van der Waals surface area contributed by atoms with Crippen LogP contribution in [0.4, 0.5) is 5.69 Å². The molecule has 16 heavy (non-hydrogen) atoms. The monoisotopic (exact) mass is 219 g/mol. The summed E-state index contributed by atoms with van der Waals surface area (Å²) in [7, 11) is 0. The smallest absolute Gasteiger partial charge is 0.125 e. The molecule has 0 bridgehead atoms. The van der Waals surface area contributed by atoms with Crippen LogP contribution in [-0.4, -0.2) is 22.0 Å². The van der Waals surface area contributed by atoms with Crippen molar-refractivity contribution >= 4 is 5.69 Å². The van der Waals surface area contributed by atoms with Crippen LogP contribution in [0.15, 0.2) is 18.2 Å². The fraction of sp³-hybridized carbons (Fsp3) is 0.462. The molecule has 1 aromatic rings. The molecule has 1 atom stereocenters. The van der Waals surface area contributed by atoms with Crippen molar-refractivity contribution in [3.63, 3.8) is 0 Å². The summed E-state index contributed by atoms with van der Waals surface area (Å²) < 4.78 is 0. The summed E-state index contributed by atoms with van der Waals surface area (Å²) in [5, 5.41) is 22.1. The van der Waals surface area contributed by atoms with E-state index in [4.69, 9.17) is 0 Å². The number of hydrogen-bond acceptors (Lipinski definition) is 3. The summed E-state index contributed by atoms with van der Waals surface area (Å²) in [6.07, 6.45) is 3.72. The maximum Gasteiger partial charge on any atom is 0.125 e. The quantitative estimate of drug-likeness (QED) is 0.707. The third kappa shape index (κ3) is 2.74. The maximum absolute atomic E-state index is 9.74. The second-order valence-electron chi connectivity index (χ2n) is 4.91. The van der Waals surface area contributed by atoms with E-state index in [2.05, 4.69) is 11.7 Å². The van der Waals surface area contributed by atoms with Gasteiger partial charge in [-0.15, -0.1) is 0 Å². The lowest BCUT2D eigenvalue weighted by Crippen LogP contribution is -2.25. The van der Waals surface area contributed by atoms with Gasteiger partial charge in [-0.1, -0.05) is 12.1 Å². The van der Waals surface area contributed by atoms with Crippen molar-refractivity contribution in [2.24, 2.45) is 0 Å². The predicted octanol–water partition coefficient (Wildman–Crippen LogP) is 1.56. The zero-order chi connectivity index (χ0) is 11.8. The van der Waals surface area contributed by atoms with Gasteiger partial charge in [0.2, 0.25) is 0 Å². The number of benzene rings is 1. The first-order valence-corrected chi connectivity index (χ1v) is 5.48. The second-order valence-corrected chi connectivity index (χ2v) is 4.91. The van der Waals surface area contributed by atoms with E-state index in [-0.39, 0.29) is 0 Å². The number of anilines is 1. The van der Waals surface area contributed by atoms with Crippen molar-refractivity contribution < 1.29 is 10.2 Å². The highest BCUT2D eigenvalue weighted by Crippen LogP contribution is 2.27. The molecule has 3 N–H and O–H groups in total. The molecule has 0 fully saturated rings. The first kappa shape index (κ1) is 11.4. The molecule has 0 saturated carbocycles. The van der Waals surface area contributed by atoms with Gasteiger partial charge in [0.25, 0.3) is 0 Å². The minimum absolute atomic E-state index is 0.499. The number of rotatable bonds is 2. The van der Waals surface area contributed by atoms with Crippen LogP contribution < -0.4 is 5.32 Å². The predicted molar refractivity (Wildman–Crippen MR) is 63.0 cm³/mol. The first-order valence-electron chi connectivity index (χ1n) is 5.48. The Labute approximate surface area is 96.1 Å². The zero-order valence-corrected chi connectivity index (χ0v) is 9.62. The SMILES string of the molecule is CC(C)(O)Cc1ccc2c(c1)[C]CC(O)N2. The lowest BCUT2D eigenvalue weighted by molar-refractivity contribution is 0.0810. The van der Waals surface area contributed by atoms with Gasteiger partial charge in [0.15, 0.2) is 0 Å². The molecule has 2 radical (unpaired) electrons. The Kier molecular flexibility index (Phi) is 2.91. The van der Waals surface area contributed by atoms with Crippen molar-refractivity contribution in [2.75, 3.05) is 5.32 Å². The number of fused-ring (bicyclic) bond motifs is 1. The van der Waals surface area contributed by atoms with Crippen molar-refractivity contribution in [1.29, 1.82) is 0 Å². The third-order valence-corrected chi connectivity index (χ3v) is 2.53. The maximum atomic E-state index is 9.74. The molecule has 1 aliphatic heterocycles. The largest absolute Gasteiger partial charge is 0.390 e. The molecule has 1 unspecified atom stereocenters. The zero-order valence-electron chi connectivity index (χ0n) is 9.62.